The highest BCUT2D eigenvalue weighted by Crippen LogP contribution is 2.19. The molecule has 1 aliphatic heterocycles. The molecule has 1 saturated heterocycles. The van der Waals surface area contributed by atoms with Gasteiger partial charge in [0.25, 0.3) is 5.56 Å². The van der Waals surface area contributed by atoms with E-state index in [-0.39, 0.29) is 17.5 Å². The van der Waals surface area contributed by atoms with E-state index in [4.69, 9.17) is 0 Å². The Morgan fingerprint density at radius 2 is 2.30 bits per heavy atom. The molecule has 0 radical (unpaired) electrons. The molecule has 2 heterocycles. The lowest BCUT2D eigenvalue weighted by Gasteiger charge is -2.24. The smallest absolute Gasteiger partial charge is 0.283 e. The van der Waals surface area contributed by atoms with Gasteiger partial charge in [0.2, 0.25) is 5.91 Å². The van der Waals surface area contributed by atoms with E-state index in [1.54, 1.807) is 6.20 Å². The van der Waals surface area contributed by atoms with Crippen molar-refractivity contribution in [1.82, 2.24) is 15.1 Å². The highest BCUT2D eigenvalue weighted by Gasteiger charge is 2.23. The second-order valence-electron chi connectivity index (χ2n) is 5.38. The molecule has 0 spiro atoms. The van der Waals surface area contributed by atoms with Crippen molar-refractivity contribution in [3.05, 3.63) is 21.0 Å². The molecule has 110 valence electrons. The van der Waals surface area contributed by atoms with Gasteiger partial charge in [-0.3, -0.25) is 9.59 Å². The molecule has 2 N–H and O–H groups in total. The minimum absolute atomic E-state index is 0.0329. The summed E-state index contributed by atoms with van der Waals surface area (Å²) in [7, 11) is 0. The Hall–Kier alpha value is -1.37. The van der Waals surface area contributed by atoms with E-state index in [9.17, 15) is 9.59 Å². The number of halogens is 1. The number of nitrogens with one attached hydrogen (secondary N) is 2. The summed E-state index contributed by atoms with van der Waals surface area (Å²) in [5.41, 5.74) is 0.386. The van der Waals surface area contributed by atoms with Crippen LogP contribution in [0.3, 0.4) is 0 Å². The molecule has 1 aromatic rings. The number of hydrogen-bond acceptors (Lipinski definition) is 4. The van der Waals surface area contributed by atoms with E-state index in [0.717, 1.165) is 12.8 Å². The molecule has 1 fully saturated rings. The van der Waals surface area contributed by atoms with Crippen molar-refractivity contribution < 1.29 is 4.79 Å². The van der Waals surface area contributed by atoms with E-state index >= 15 is 0 Å². The maximum Gasteiger partial charge on any atom is 0.283 e. The van der Waals surface area contributed by atoms with Gasteiger partial charge in [0.15, 0.2) is 0 Å². The van der Waals surface area contributed by atoms with Crippen LogP contribution in [0.25, 0.3) is 0 Å². The van der Waals surface area contributed by atoms with Crippen molar-refractivity contribution in [3.8, 4) is 0 Å². The van der Waals surface area contributed by atoms with Crippen molar-refractivity contribution in [2.45, 2.75) is 39.3 Å². The van der Waals surface area contributed by atoms with Gasteiger partial charge in [-0.1, -0.05) is 13.8 Å². The van der Waals surface area contributed by atoms with Gasteiger partial charge in [-0.05, 0) is 34.7 Å². The number of piperidine rings is 1. The summed E-state index contributed by atoms with van der Waals surface area (Å²) in [4.78, 5) is 23.9. The molecule has 0 saturated carbocycles. The minimum Gasteiger partial charge on any atom is -0.371 e. The first kappa shape index (κ1) is 15.0. The molecular formula is C13H19BrN4O2. The highest BCUT2D eigenvalue weighted by atomic mass is 79.9. The van der Waals surface area contributed by atoms with Crippen LogP contribution >= 0.6 is 15.9 Å². The summed E-state index contributed by atoms with van der Waals surface area (Å²) < 4.78 is 1.85. The lowest BCUT2D eigenvalue weighted by atomic mass is 10.1. The Morgan fingerprint density at radius 1 is 1.55 bits per heavy atom. The second kappa shape index (κ2) is 6.39. The average Bonchev–Trinajstić information content (AvgIpc) is 2.40. The van der Waals surface area contributed by atoms with Gasteiger partial charge in [0.1, 0.15) is 10.5 Å². The average molecular weight is 343 g/mol. The number of aromatic nitrogens is 2. The first-order valence-corrected chi connectivity index (χ1v) is 7.58. The summed E-state index contributed by atoms with van der Waals surface area (Å²) in [5, 5.41) is 10.0. The maximum atomic E-state index is 12.2. The molecular weight excluding hydrogens is 324 g/mol. The number of rotatable bonds is 4. The fraction of sp³-hybridized carbons (Fsp3) is 0.615. The van der Waals surface area contributed by atoms with E-state index in [1.165, 1.54) is 4.68 Å². The second-order valence-corrected chi connectivity index (χ2v) is 6.18. The Balaban J connectivity index is 2.19. The Labute approximate surface area is 126 Å². The summed E-state index contributed by atoms with van der Waals surface area (Å²) in [6.45, 7) is 5.34. The molecule has 1 atom stereocenters. The van der Waals surface area contributed by atoms with Crippen molar-refractivity contribution in [2.75, 3.05) is 11.9 Å². The van der Waals surface area contributed by atoms with Gasteiger partial charge in [-0.2, -0.15) is 5.10 Å². The highest BCUT2D eigenvalue weighted by molar-refractivity contribution is 9.10. The molecule has 1 amide bonds. The van der Waals surface area contributed by atoms with E-state index in [1.807, 2.05) is 13.8 Å². The molecule has 6 nitrogen and oxygen atoms in total. The molecule has 1 aliphatic rings. The summed E-state index contributed by atoms with van der Waals surface area (Å²) in [6, 6.07) is -0.304. The fourth-order valence-electron chi connectivity index (χ4n) is 2.14. The van der Waals surface area contributed by atoms with Crippen LogP contribution in [0, 0.1) is 5.92 Å². The molecule has 0 bridgehead atoms. The number of amides is 1. The van der Waals surface area contributed by atoms with Gasteiger partial charge >= 0.3 is 0 Å². The lowest BCUT2D eigenvalue weighted by Crippen LogP contribution is -2.44. The fourth-order valence-corrected chi connectivity index (χ4v) is 2.56. The molecule has 0 aliphatic carbocycles. The first-order chi connectivity index (χ1) is 9.49. The largest absolute Gasteiger partial charge is 0.371 e. The maximum absolute atomic E-state index is 12.2. The first-order valence-electron chi connectivity index (χ1n) is 6.79. The standard InChI is InChI=1S/C13H19BrN4O2/c1-8(2)7-18-13(20)11(14)10(6-16-18)17-9-4-3-5-15-12(9)19/h6,8-9,17H,3-5,7H2,1-2H3,(H,15,19). The van der Waals surface area contributed by atoms with Gasteiger partial charge in [0.05, 0.1) is 11.9 Å². The van der Waals surface area contributed by atoms with Crippen LogP contribution < -0.4 is 16.2 Å². The Bertz CT molecular complexity index is 556. The minimum atomic E-state index is -0.304. The van der Waals surface area contributed by atoms with Crippen molar-refractivity contribution in [1.29, 1.82) is 0 Å². The van der Waals surface area contributed by atoms with E-state index < -0.39 is 0 Å². The number of carbonyl (C=O) groups excluding carboxylic acids is 1. The van der Waals surface area contributed by atoms with Gasteiger partial charge in [0, 0.05) is 13.1 Å². The Kier molecular flexibility index (Phi) is 4.80. The van der Waals surface area contributed by atoms with Gasteiger partial charge in [-0.15, -0.1) is 0 Å². The zero-order valence-electron chi connectivity index (χ0n) is 11.6. The quantitative estimate of drug-likeness (QED) is 0.865. The number of nitrogens with zero attached hydrogens (tertiary/aromatic N) is 2. The zero-order chi connectivity index (χ0) is 14.7. The monoisotopic (exact) mass is 342 g/mol. The summed E-state index contributed by atoms with van der Waals surface area (Å²) in [6.07, 6.45) is 3.28. The Morgan fingerprint density at radius 3 is 2.95 bits per heavy atom. The molecule has 1 aromatic heterocycles. The summed E-state index contributed by atoms with van der Waals surface area (Å²) in [5.74, 6) is 0.310. The number of hydrogen-bond donors (Lipinski definition) is 2. The predicted molar refractivity (Wildman–Crippen MR) is 80.7 cm³/mol. The van der Waals surface area contributed by atoms with Crippen LogP contribution in [0.1, 0.15) is 26.7 Å². The van der Waals surface area contributed by atoms with E-state index in [0.29, 0.717) is 29.2 Å². The van der Waals surface area contributed by atoms with E-state index in [2.05, 4.69) is 31.7 Å². The van der Waals surface area contributed by atoms with Gasteiger partial charge in [-0.25, -0.2) is 4.68 Å². The van der Waals surface area contributed by atoms with Crippen LogP contribution in [-0.4, -0.2) is 28.3 Å². The third kappa shape index (κ3) is 3.39. The van der Waals surface area contributed by atoms with Crippen molar-refractivity contribution in [3.63, 3.8) is 0 Å². The van der Waals surface area contributed by atoms with Crippen LogP contribution in [0.4, 0.5) is 5.69 Å². The number of carbonyl (C=O) groups is 1. The molecule has 0 aromatic carbocycles. The van der Waals surface area contributed by atoms with Crippen LogP contribution in [0.2, 0.25) is 0 Å². The van der Waals surface area contributed by atoms with Gasteiger partial charge < -0.3 is 10.6 Å². The topological polar surface area (TPSA) is 76.0 Å². The number of anilines is 1. The van der Waals surface area contributed by atoms with Crippen LogP contribution in [-0.2, 0) is 11.3 Å². The van der Waals surface area contributed by atoms with Crippen molar-refractivity contribution >= 4 is 27.5 Å². The molecule has 20 heavy (non-hydrogen) atoms. The molecule has 1 unspecified atom stereocenters. The SMILES string of the molecule is CC(C)Cn1ncc(NC2CCCNC2=O)c(Br)c1=O. The third-order valence-corrected chi connectivity index (χ3v) is 3.90. The normalized spacial score (nSPS) is 19.0. The molecule has 2 rings (SSSR count). The molecule has 7 heteroatoms. The predicted octanol–water partition coefficient (Wildman–Crippen LogP) is 1.35. The van der Waals surface area contributed by atoms with Crippen molar-refractivity contribution in [2.24, 2.45) is 5.92 Å². The lowest BCUT2D eigenvalue weighted by molar-refractivity contribution is -0.123. The zero-order valence-corrected chi connectivity index (χ0v) is 13.2. The summed E-state index contributed by atoms with van der Waals surface area (Å²) >= 11 is 3.30. The van der Waals surface area contributed by atoms with Crippen LogP contribution in [0.5, 0.6) is 0 Å². The third-order valence-electron chi connectivity index (χ3n) is 3.14. The van der Waals surface area contributed by atoms with Crippen LogP contribution in [0.15, 0.2) is 15.5 Å².